The molecule has 2 heterocycles. The Morgan fingerprint density at radius 1 is 1.08 bits per heavy atom. The number of anilines is 1. The molecule has 3 aromatic rings. The van der Waals surface area contributed by atoms with Gasteiger partial charge in [-0.05, 0) is 48.9 Å². The molecule has 2 N–H and O–H groups in total. The number of para-hydroxylation sites is 2. The summed E-state index contributed by atoms with van der Waals surface area (Å²) in [6.45, 7) is 1.77. The van der Waals surface area contributed by atoms with Gasteiger partial charge in [-0.25, -0.2) is 0 Å². The lowest BCUT2D eigenvalue weighted by atomic mass is 9.82. The number of thioether (sulfide) groups is 1. The molecule has 1 unspecified atom stereocenters. The number of benzene rings is 2. The molecular formula is C28H25N3O5S. The number of allylic oxidation sites excluding steroid dienone is 2. The predicted octanol–water partition coefficient (Wildman–Crippen LogP) is 5.25. The molecule has 0 fully saturated rings. The van der Waals surface area contributed by atoms with Crippen molar-refractivity contribution in [3.05, 3.63) is 100 Å². The Kier molecular flexibility index (Phi) is 8.01. The van der Waals surface area contributed by atoms with Crippen LogP contribution in [-0.4, -0.2) is 31.7 Å². The van der Waals surface area contributed by atoms with E-state index in [2.05, 4.69) is 16.7 Å². The first kappa shape index (κ1) is 25.7. The minimum Gasteiger partial charge on any atom is -0.497 e. The van der Waals surface area contributed by atoms with E-state index in [1.807, 2.05) is 18.2 Å². The van der Waals surface area contributed by atoms with Crippen LogP contribution < -0.4 is 20.1 Å². The first-order valence-electron chi connectivity index (χ1n) is 11.4. The molecule has 0 aliphatic carbocycles. The van der Waals surface area contributed by atoms with Gasteiger partial charge < -0.3 is 24.5 Å². The number of furan rings is 1. The van der Waals surface area contributed by atoms with E-state index in [1.54, 1.807) is 56.5 Å². The van der Waals surface area contributed by atoms with E-state index in [9.17, 15) is 14.9 Å². The Balaban J connectivity index is 1.71. The molecule has 1 aliphatic heterocycles. The number of hydrogen-bond acceptors (Lipinski definition) is 8. The van der Waals surface area contributed by atoms with Crippen LogP contribution in [0.25, 0.3) is 0 Å². The number of ketones is 1. The highest BCUT2D eigenvalue weighted by atomic mass is 32.2. The summed E-state index contributed by atoms with van der Waals surface area (Å²) in [6.07, 6.45) is 1.44. The summed E-state index contributed by atoms with van der Waals surface area (Å²) in [5.41, 5.74) is 2.53. The molecule has 0 radical (unpaired) electrons. The van der Waals surface area contributed by atoms with Gasteiger partial charge in [-0.1, -0.05) is 36.0 Å². The number of nitrogens with one attached hydrogen (secondary N) is 2. The predicted molar refractivity (Wildman–Crippen MR) is 141 cm³/mol. The molecule has 1 aromatic heterocycles. The van der Waals surface area contributed by atoms with E-state index in [1.165, 1.54) is 25.1 Å². The van der Waals surface area contributed by atoms with Crippen molar-refractivity contribution in [3.8, 4) is 17.6 Å². The van der Waals surface area contributed by atoms with Gasteiger partial charge in [-0.15, -0.1) is 0 Å². The molecule has 1 amide bonds. The zero-order chi connectivity index (χ0) is 26.4. The fraction of sp³-hybridized carbons (Fsp3) is 0.179. The van der Waals surface area contributed by atoms with Crippen molar-refractivity contribution in [1.82, 2.24) is 5.32 Å². The van der Waals surface area contributed by atoms with Gasteiger partial charge in [0, 0.05) is 11.3 Å². The van der Waals surface area contributed by atoms with E-state index in [0.717, 1.165) is 5.56 Å². The molecule has 37 heavy (non-hydrogen) atoms. The van der Waals surface area contributed by atoms with Crippen molar-refractivity contribution >= 4 is 29.1 Å². The van der Waals surface area contributed by atoms with Gasteiger partial charge in [0.05, 0.1) is 54.5 Å². The van der Waals surface area contributed by atoms with E-state index in [-0.39, 0.29) is 23.2 Å². The van der Waals surface area contributed by atoms with Gasteiger partial charge in [0.1, 0.15) is 11.5 Å². The Labute approximate surface area is 218 Å². The molecule has 1 atom stereocenters. The standard InChI is InChI=1S/C28H25N3O5S/c1-17-25(27(33)31-21-7-4-5-8-23(21)35-3)26(18-10-12-19(34-2)13-11-18)20(15-29)28(30-17)37-16-22(32)24-9-6-14-36-24/h4-14,26,30H,16H2,1-3H3,(H,31,33). The van der Waals surface area contributed by atoms with Crippen molar-refractivity contribution in [2.24, 2.45) is 0 Å². The second-order valence-corrected chi connectivity index (χ2v) is 9.05. The third-order valence-corrected chi connectivity index (χ3v) is 6.86. The number of nitrogens with zero attached hydrogens (tertiary/aromatic N) is 1. The van der Waals surface area contributed by atoms with Gasteiger partial charge in [0.2, 0.25) is 5.78 Å². The number of carbonyl (C=O) groups excluding carboxylic acids is 2. The van der Waals surface area contributed by atoms with Gasteiger partial charge in [0.25, 0.3) is 5.91 Å². The minimum absolute atomic E-state index is 0.0619. The summed E-state index contributed by atoms with van der Waals surface area (Å²) in [5.74, 6) is 0.225. The fourth-order valence-electron chi connectivity index (χ4n) is 4.04. The van der Waals surface area contributed by atoms with Crippen LogP contribution in [-0.2, 0) is 4.79 Å². The normalized spacial score (nSPS) is 15.0. The van der Waals surface area contributed by atoms with E-state index < -0.39 is 5.92 Å². The van der Waals surface area contributed by atoms with Crippen molar-refractivity contribution in [1.29, 1.82) is 5.26 Å². The van der Waals surface area contributed by atoms with Crippen LogP contribution in [0.2, 0.25) is 0 Å². The highest BCUT2D eigenvalue weighted by Gasteiger charge is 2.35. The van der Waals surface area contributed by atoms with Crippen molar-refractivity contribution in [3.63, 3.8) is 0 Å². The Bertz CT molecular complexity index is 1400. The average molecular weight is 516 g/mol. The molecule has 0 saturated heterocycles. The number of dihydropyridines is 1. The van der Waals surface area contributed by atoms with Gasteiger partial charge in [0.15, 0.2) is 5.76 Å². The van der Waals surface area contributed by atoms with Gasteiger partial charge in [-0.2, -0.15) is 5.26 Å². The number of amides is 1. The highest BCUT2D eigenvalue weighted by molar-refractivity contribution is 8.03. The number of Topliss-reactive ketones (excluding diaryl/α,β-unsaturated/α-hetero) is 1. The molecular weight excluding hydrogens is 490 g/mol. The fourth-order valence-corrected chi connectivity index (χ4v) is 5.00. The summed E-state index contributed by atoms with van der Waals surface area (Å²) in [7, 11) is 3.10. The molecule has 0 saturated carbocycles. The molecule has 2 aromatic carbocycles. The van der Waals surface area contributed by atoms with Crippen molar-refractivity contribution in [2.75, 3.05) is 25.3 Å². The number of methoxy groups -OCH3 is 2. The van der Waals surface area contributed by atoms with Gasteiger partial charge in [-0.3, -0.25) is 9.59 Å². The third-order valence-electron chi connectivity index (χ3n) is 5.84. The lowest BCUT2D eigenvalue weighted by Crippen LogP contribution is -2.31. The maximum atomic E-state index is 13.6. The molecule has 0 bridgehead atoms. The topological polar surface area (TPSA) is 114 Å². The minimum atomic E-state index is -0.673. The van der Waals surface area contributed by atoms with Crippen molar-refractivity contribution in [2.45, 2.75) is 12.8 Å². The maximum absolute atomic E-state index is 13.6. The summed E-state index contributed by atoms with van der Waals surface area (Å²) in [5, 5.41) is 16.9. The first-order chi connectivity index (χ1) is 18.0. The second-order valence-electron chi connectivity index (χ2n) is 8.07. The number of carbonyl (C=O) groups is 2. The van der Waals surface area contributed by atoms with Crippen LogP contribution >= 0.6 is 11.8 Å². The van der Waals surface area contributed by atoms with E-state index in [4.69, 9.17) is 13.9 Å². The quantitative estimate of drug-likeness (QED) is 0.372. The molecule has 0 spiro atoms. The van der Waals surface area contributed by atoms with E-state index in [0.29, 0.717) is 39.1 Å². The van der Waals surface area contributed by atoms with E-state index >= 15 is 0 Å². The zero-order valence-electron chi connectivity index (χ0n) is 20.5. The summed E-state index contributed by atoms with van der Waals surface area (Å²) in [6, 6.07) is 19.8. The largest absolute Gasteiger partial charge is 0.497 e. The van der Waals surface area contributed by atoms with Crippen molar-refractivity contribution < 1.29 is 23.5 Å². The number of hydrogen-bond donors (Lipinski definition) is 2. The van der Waals surface area contributed by atoms with Crippen LogP contribution in [0, 0.1) is 11.3 Å². The average Bonchev–Trinajstić information content (AvgIpc) is 3.47. The van der Waals surface area contributed by atoms with Gasteiger partial charge >= 0.3 is 0 Å². The lowest BCUT2D eigenvalue weighted by Gasteiger charge is -2.30. The maximum Gasteiger partial charge on any atom is 0.254 e. The van der Waals surface area contributed by atoms with Crippen LogP contribution in [0.5, 0.6) is 11.5 Å². The Morgan fingerprint density at radius 3 is 2.49 bits per heavy atom. The smallest absolute Gasteiger partial charge is 0.254 e. The summed E-state index contributed by atoms with van der Waals surface area (Å²) < 4.78 is 15.9. The summed E-state index contributed by atoms with van der Waals surface area (Å²) in [4.78, 5) is 26.2. The number of ether oxygens (including phenoxy) is 2. The Hall–Kier alpha value is -4.42. The number of nitriles is 1. The zero-order valence-corrected chi connectivity index (χ0v) is 21.3. The highest BCUT2D eigenvalue weighted by Crippen LogP contribution is 2.41. The third kappa shape index (κ3) is 5.55. The lowest BCUT2D eigenvalue weighted by molar-refractivity contribution is -0.113. The SMILES string of the molecule is COc1ccc(C2C(C#N)=C(SCC(=O)c3ccco3)NC(C)=C2C(=O)Nc2ccccc2OC)cc1. The monoisotopic (exact) mass is 515 g/mol. The first-order valence-corrected chi connectivity index (χ1v) is 12.3. The summed E-state index contributed by atoms with van der Waals surface area (Å²) >= 11 is 1.20. The molecule has 1 aliphatic rings. The van der Waals surface area contributed by atoms with Crippen LogP contribution in [0.3, 0.4) is 0 Å². The molecule has 8 nitrogen and oxygen atoms in total. The molecule has 9 heteroatoms. The molecule has 4 rings (SSSR count). The molecule has 188 valence electrons. The van der Waals surface area contributed by atoms with Crippen LogP contribution in [0.15, 0.2) is 93.2 Å². The van der Waals surface area contributed by atoms with Crippen LogP contribution in [0.4, 0.5) is 5.69 Å². The Morgan fingerprint density at radius 2 is 1.84 bits per heavy atom. The second kappa shape index (κ2) is 11.5. The number of rotatable bonds is 9. The van der Waals surface area contributed by atoms with Crippen LogP contribution in [0.1, 0.15) is 29.0 Å².